The monoisotopic (exact) mass is 259 g/mol. The van der Waals surface area contributed by atoms with Crippen LogP contribution in [0.2, 0.25) is 0 Å². The number of carboxylic acid groups (broad SMARTS) is 1. The predicted molar refractivity (Wildman–Crippen MR) is 73.6 cm³/mol. The van der Waals surface area contributed by atoms with Gasteiger partial charge < -0.3 is 10.1 Å². The Balaban J connectivity index is 2.46. The number of benzene rings is 1. The molecule has 0 fully saturated rings. The highest BCUT2D eigenvalue weighted by Gasteiger charge is 2.17. The van der Waals surface area contributed by atoms with Gasteiger partial charge >= 0.3 is 5.97 Å². The Morgan fingerprint density at radius 2 is 2.00 bits per heavy atom. The van der Waals surface area contributed by atoms with E-state index in [1.54, 1.807) is 0 Å². The molecule has 0 unspecified atom stereocenters. The number of H-pyrrole nitrogens is 1. The van der Waals surface area contributed by atoms with Gasteiger partial charge in [-0.3, -0.25) is 9.59 Å². The number of ketones is 1. The zero-order valence-corrected chi connectivity index (χ0v) is 11.1. The van der Waals surface area contributed by atoms with Crippen LogP contribution in [0.4, 0.5) is 0 Å². The molecule has 2 aromatic rings. The summed E-state index contributed by atoms with van der Waals surface area (Å²) in [4.78, 5) is 26.0. The summed E-state index contributed by atoms with van der Waals surface area (Å²) in [5.74, 6) is -1.06. The number of aryl methyl sites for hydroxylation is 2. The van der Waals surface area contributed by atoms with E-state index in [1.165, 1.54) is 0 Å². The summed E-state index contributed by atoms with van der Waals surface area (Å²) in [5.41, 5.74) is 3.59. The molecular weight excluding hydrogens is 242 g/mol. The van der Waals surface area contributed by atoms with Crippen LogP contribution in [0.25, 0.3) is 10.9 Å². The molecule has 0 atom stereocenters. The number of aromatic amines is 1. The third kappa shape index (κ3) is 2.52. The molecule has 1 aromatic heterocycles. The van der Waals surface area contributed by atoms with Crippen LogP contribution in [0.15, 0.2) is 18.2 Å². The van der Waals surface area contributed by atoms with Gasteiger partial charge in [-0.2, -0.15) is 0 Å². The molecule has 0 aliphatic carbocycles. The van der Waals surface area contributed by atoms with Crippen LogP contribution in [0.1, 0.15) is 41.4 Å². The standard InChI is InChI=1S/C15H17NO3/c1-3-10-5-4-6-11-14(9(2)16-15(10)11)12(17)7-8-13(18)19/h4-6,16H,3,7-8H2,1-2H3,(H,18,19). The fourth-order valence-electron chi connectivity index (χ4n) is 2.41. The lowest BCUT2D eigenvalue weighted by atomic mass is 10.0. The zero-order chi connectivity index (χ0) is 14.0. The number of carbonyl (C=O) groups excluding carboxylic acids is 1. The average Bonchev–Trinajstić information content (AvgIpc) is 2.71. The van der Waals surface area contributed by atoms with Gasteiger partial charge in [0, 0.05) is 28.6 Å². The average molecular weight is 259 g/mol. The lowest BCUT2D eigenvalue weighted by molar-refractivity contribution is -0.136. The maximum absolute atomic E-state index is 12.2. The summed E-state index contributed by atoms with van der Waals surface area (Å²) in [5, 5.41) is 9.56. The van der Waals surface area contributed by atoms with Crippen molar-refractivity contribution in [3.8, 4) is 0 Å². The van der Waals surface area contributed by atoms with Gasteiger partial charge in [-0.05, 0) is 18.9 Å². The Bertz CT molecular complexity index is 640. The van der Waals surface area contributed by atoms with Crippen LogP contribution in [-0.2, 0) is 11.2 Å². The molecule has 0 radical (unpaired) electrons. The molecule has 0 aliphatic rings. The first kappa shape index (κ1) is 13.3. The number of rotatable bonds is 5. The second-order valence-electron chi connectivity index (χ2n) is 4.64. The molecule has 0 saturated heterocycles. The maximum Gasteiger partial charge on any atom is 0.303 e. The van der Waals surface area contributed by atoms with Gasteiger partial charge in [-0.25, -0.2) is 0 Å². The van der Waals surface area contributed by atoms with Crippen LogP contribution in [0.3, 0.4) is 0 Å². The number of carboxylic acids is 1. The number of aliphatic carboxylic acids is 1. The van der Waals surface area contributed by atoms with Crippen LogP contribution in [0, 0.1) is 6.92 Å². The highest BCUT2D eigenvalue weighted by molar-refractivity contribution is 6.10. The number of para-hydroxylation sites is 1. The van der Waals surface area contributed by atoms with Crippen LogP contribution >= 0.6 is 0 Å². The van der Waals surface area contributed by atoms with Crippen molar-refractivity contribution < 1.29 is 14.7 Å². The van der Waals surface area contributed by atoms with Crippen molar-refractivity contribution in [3.05, 3.63) is 35.0 Å². The molecule has 100 valence electrons. The Morgan fingerprint density at radius 1 is 1.26 bits per heavy atom. The van der Waals surface area contributed by atoms with Crippen molar-refractivity contribution in [2.24, 2.45) is 0 Å². The van der Waals surface area contributed by atoms with E-state index in [-0.39, 0.29) is 18.6 Å². The fourth-order valence-corrected chi connectivity index (χ4v) is 2.41. The van der Waals surface area contributed by atoms with Gasteiger partial charge in [0.05, 0.1) is 6.42 Å². The summed E-state index contributed by atoms with van der Waals surface area (Å²) >= 11 is 0. The van der Waals surface area contributed by atoms with Gasteiger partial charge in [0.25, 0.3) is 0 Å². The first-order valence-electron chi connectivity index (χ1n) is 6.39. The second kappa shape index (κ2) is 5.26. The number of fused-ring (bicyclic) bond motifs is 1. The van der Waals surface area contributed by atoms with Crippen molar-refractivity contribution >= 4 is 22.7 Å². The minimum atomic E-state index is -0.944. The third-order valence-corrected chi connectivity index (χ3v) is 3.33. The number of nitrogens with one attached hydrogen (secondary N) is 1. The van der Waals surface area contributed by atoms with Gasteiger partial charge in [0.2, 0.25) is 0 Å². The molecule has 0 bridgehead atoms. The Labute approximate surface area is 111 Å². The summed E-state index contributed by atoms with van der Waals surface area (Å²) in [6.07, 6.45) is 0.804. The molecule has 0 spiro atoms. The first-order valence-corrected chi connectivity index (χ1v) is 6.39. The summed E-state index contributed by atoms with van der Waals surface area (Å²) in [6.45, 7) is 3.92. The molecule has 2 rings (SSSR count). The van der Waals surface area contributed by atoms with E-state index in [4.69, 9.17) is 5.11 Å². The first-order chi connectivity index (χ1) is 9.04. The molecule has 2 N–H and O–H groups in total. The predicted octanol–water partition coefficient (Wildman–Crippen LogP) is 3.09. The zero-order valence-electron chi connectivity index (χ0n) is 11.1. The van der Waals surface area contributed by atoms with Gasteiger partial charge in [-0.15, -0.1) is 0 Å². The SMILES string of the molecule is CCc1cccc2c(C(=O)CCC(=O)O)c(C)[nH]c12. The molecule has 1 aromatic carbocycles. The van der Waals surface area contributed by atoms with Crippen molar-refractivity contribution in [1.82, 2.24) is 4.98 Å². The topological polar surface area (TPSA) is 70.2 Å². The van der Waals surface area contributed by atoms with E-state index in [0.717, 1.165) is 28.6 Å². The summed E-state index contributed by atoms with van der Waals surface area (Å²) in [6, 6.07) is 5.87. The summed E-state index contributed by atoms with van der Waals surface area (Å²) < 4.78 is 0. The Morgan fingerprint density at radius 3 is 2.63 bits per heavy atom. The van der Waals surface area contributed by atoms with Gasteiger partial charge in [-0.1, -0.05) is 25.1 Å². The number of Topliss-reactive ketones (excluding diaryl/α,β-unsaturated/α-hetero) is 1. The largest absolute Gasteiger partial charge is 0.481 e. The number of hydrogen-bond donors (Lipinski definition) is 2. The lowest BCUT2D eigenvalue weighted by Crippen LogP contribution is -2.04. The number of carbonyl (C=O) groups is 2. The third-order valence-electron chi connectivity index (χ3n) is 3.33. The van der Waals surface area contributed by atoms with Crippen LogP contribution in [-0.4, -0.2) is 21.8 Å². The molecule has 1 heterocycles. The Kier molecular flexibility index (Phi) is 3.69. The van der Waals surface area contributed by atoms with E-state index in [0.29, 0.717) is 5.56 Å². The fraction of sp³-hybridized carbons (Fsp3) is 0.333. The van der Waals surface area contributed by atoms with E-state index < -0.39 is 5.97 Å². The lowest BCUT2D eigenvalue weighted by Gasteiger charge is -2.01. The highest BCUT2D eigenvalue weighted by Crippen LogP contribution is 2.26. The minimum absolute atomic E-state index is 0.0412. The van der Waals surface area contributed by atoms with E-state index >= 15 is 0 Å². The van der Waals surface area contributed by atoms with Crippen LogP contribution in [0.5, 0.6) is 0 Å². The molecule has 0 amide bonds. The highest BCUT2D eigenvalue weighted by atomic mass is 16.4. The maximum atomic E-state index is 12.2. The summed E-state index contributed by atoms with van der Waals surface area (Å²) in [7, 11) is 0. The van der Waals surface area contributed by atoms with Crippen molar-refractivity contribution in [2.45, 2.75) is 33.1 Å². The van der Waals surface area contributed by atoms with Crippen molar-refractivity contribution in [2.75, 3.05) is 0 Å². The van der Waals surface area contributed by atoms with Crippen molar-refractivity contribution in [3.63, 3.8) is 0 Å². The number of hydrogen-bond acceptors (Lipinski definition) is 2. The molecule has 4 nitrogen and oxygen atoms in total. The van der Waals surface area contributed by atoms with Gasteiger partial charge in [0.15, 0.2) is 5.78 Å². The van der Waals surface area contributed by atoms with E-state index in [2.05, 4.69) is 11.9 Å². The van der Waals surface area contributed by atoms with E-state index in [1.807, 2.05) is 25.1 Å². The number of aromatic nitrogens is 1. The van der Waals surface area contributed by atoms with Crippen molar-refractivity contribution in [1.29, 1.82) is 0 Å². The smallest absolute Gasteiger partial charge is 0.303 e. The second-order valence-corrected chi connectivity index (χ2v) is 4.64. The van der Waals surface area contributed by atoms with Gasteiger partial charge in [0.1, 0.15) is 0 Å². The molecule has 4 heteroatoms. The Hall–Kier alpha value is -2.10. The normalized spacial score (nSPS) is 10.8. The van der Waals surface area contributed by atoms with Crippen LogP contribution < -0.4 is 0 Å². The minimum Gasteiger partial charge on any atom is -0.481 e. The molecule has 0 aliphatic heterocycles. The molecular formula is C15H17NO3. The molecule has 19 heavy (non-hydrogen) atoms. The quantitative estimate of drug-likeness (QED) is 0.810. The van der Waals surface area contributed by atoms with E-state index in [9.17, 15) is 9.59 Å². The molecule has 0 saturated carbocycles.